The maximum atomic E-state index is 14.7. The van der Waals surface area contributed by atoms with Crippen LogP contribution in [0.4, 0.5) is 4.39 Å². The van der Waals surface area contributed by atoms with E-state index in [1.807, 2.05) is 0 Å². The smallest absolute Gasteiger partial charge is 0.322 e. The van der Waals surface area contributed by atoms with E-state index in [9.17, 15) is 14.4 Å². The van der Waals surface area contributed by atoms with E-state index < -0.39 is 23.2 Å². The molecule has 0 bridgehead atoms. The number of ether oxygens (including phenoxy) is 1. The molecule has 6 heteroatoms. The fourth-order valence-corrected chi connectivity index (χ4v) is 4.48. The molecule has 1 saturated carbocycles. The Balaban J connectivity index is 2.02. The largest absolute Gasteiger partial charge is 0.468 e. The van der Waals surface area contributed by atoms with Gasteiger partial charge in [-0.2, -0.15) is 5.26 Å². The molecule has 1 aromatic rings. The van der Waals surface area contributed by atoms with E-state index in [4.69, 9.17) is 16.3 Å². The van der Waals surface area contributed by atoms with Crippen molar-refractivity contribution in [2.24, 2.45) is 11.3 Å². The summed E-state index contributed by atoms with van der Waals surface area (Å²) in [6.07, 6.45) is 3.21. The second-order valence-electron chi connectivity index (χ2n) is 8.17. The van der Waals surface area contributed by atoms with Crippen molar-refractivity contribution < 1.29 is 13.9 Å². The van der Waals surface area contributed by atoms with E-state index >= 15 is 0 Å². The molecule has 0 aromatic heterocycles. The summed E-state index contributed by atoms with van der Waals surface area (Å²) in [6, 6.07) is 5.75. The average molecular weight is 379 g/mol. The van der Waals surface area contributed by atoms with Gasteiger partial charge in [0.15, 0.2) is 0 Å². The van der Waals surface area contributed by atoms with Crippen molar-refractivity contribution in [2.45, 2.75) is 57.0 Å². The molecule has 26 heavy (non-hydrogen) atoms. The third-order valence-electron chi connectivity index (χ3n) is 6.03. The Hall–Kier alpha value is -1.64. The molecule has 3 unspecified atom stereocenters. The van der Waals surface area contributed by atoms with E-state index in [0.717, 1.165) is 0 Å². The topological polar surface area (TPSA) is 62.1 Å². The summed E-state index contributed by atoms with van der Waals surface area (Å²) in [5.74, 6) is -0.334. The molecule has 1 saturated heterocycles. The number of nitriles is 1. The molecule has 140 valence electrons. The molecule has 1 N–H and O–H groups in total. The first-order chi connectivity index (χ1) is 12.2. The molecule has 1 heterocycles. The lowest BCUT2D eigenvalue weighted by atomic mass is 9.68. The van der Waals surface area contributed by atoms with E-state index in [1.165, 1.54) is 26.0 Å². The molecule has 4 nitrogen and oxygen atoms in total. The lowest BCUT2D eigenvalue weighted by Crippen LogP contribution is -2.44. The van der Waals surface area contributed by atoms with Crippen LogP contribution in [0.1, 0.15) is 45.1 Å². The molecule has 0 radical (unpaired) electrons. The van der Waals surface area contributed by atoms with Crippen molar-refractivity contribution in [3.63, 3.8) is 0 Å². The van der Waals surface area contributed by atoms with E-state index in [2.05, 4.69) is 25.2 Å². The zero-order chi connectivity index (χ0) is 19.1. The van der Waals surface area contributed by atoms with Gasteiger partial charge in [0, 0.05) is 16.6 Å². The standard InChI is InChI=1S/C20H24ClFN2O2/c1-19(2,12-4-5-12)10-17-20(11-23,9-16(24-17)18(25)26-3)14-7-6-13(21)8-15(14)22/h6-8,12,16-17,24H,4-5,9-10H2,1-3H3. The molecular weight excluding hydrogens is 355 g/mol. The summed E-state index contributed by atoms with van der Waals surface area (Å²) in [5, 5.41) is 13.7. The number of carbonyl (C=O) groups excluding carboxylic acids is 1. The summed E-state index contributed by atoms with van der Waals surface area (Å²) >= 11 is 5.89. The minimum atomic E-state index is -1.14. The Kier molecular flexibility index (Phi) is 5.02. The van der Waals surface area contributed by atoms with Crippen LogP contribution in [0.15, 0.2) is 18.2 Å². The molecule has 2 aliphatic rings. The van der Waals surface area contributed by atoms with Crippen molar-refractivity contribution in [3.8, 4) is 6.07 Å². The number of rotatable bonds is 5. The Bertz CT molecular complexity index is 757. The predicted octanol–water partition coefficient (Wildman–Crippen LogP) is 3.97. The van der Waals surface area contributed by atoms with E-state index in [0.29, 0.717) is 17.9 Å². The van der Waals surface area contributed by atoms with Crippen LogP contribution in [0.5, 0.6) is 0 Å². The van der Waals surface area contributed by atoms with Gasteiger partial charge in [-0.1, -0.05) is 31.5 Å². The van der Waals surface area contributed by atoms with Crippen LogP contribution < -0.4 is 5.32 Å². The van der Waals surface area contributed by atoms with Gasteiger partial charge in [-0.25, -0.2) is 4.39 Å². The van der Waals surface area contributed by atoms with Crippen LogP contribution in [0, 0.1) is 28.5 Å². The quantitative estimate of drug-likeness (QED) is 0.787. The second kappa shape index (κ2) is 6.83. The number of nitrogens with zero attached hydrogens (tertiary/aromatic N) is 1. The molecule has 1 aliphatic carbocycles. The summed E-state index contributed by atoms with van der Waals surface area (Å²) in [7, 11) is 1.32. The predicted molar refractivity (Wildman–Crippen MR) is 97.2 cm³/mol. The van der Waals surface area contributed by atoms with Crippen molar-refractivity contribution >= 4 is 17.6 Å². The highest BCUT2D eigenvalue weighted by Gasteiger charge is 2.54. The maximum Gasteiger partial charge on any atom is 0.322 e. The number of nitrogens with one attached hydrogen (secondary N) is 1. The highest BCUT2D eigenvalue weighted by atomic mass is 35.5. The molecule has 0 spiro atoms. The number of benzene rings is 1. The van der Waals surface area contributed by atoms with Crippen molar-refractivity contribution in [1.82, 2.24) is 5.32 Å². The summed E-state index contributed by atoms with van der Waals surface area (Å²) < 4.78 is 19.6. The first-order valence-electron chi connectivity index (χ1n) is 8.94. The van der Waals surface area contributed by atoms with Gasteiger partial charge in [0.05, 0.1) is 13.2 Å². The summed E-state index contributed by atoms with van der Waals surface area (Å²) in [4.78, 5) is 12.1. The van der Waals surface area contributed by atoms with Crippen molar-refractivity contribution in [2.75, 3.05) is 7.11 Å². The van der Waals surface area contributed by atoms with Gasteiger partial charge in [-0.15, -0.1) is 0 Å². The fraction of sp³-hybridized carbons (Fsp3) is 0.600. The first-order valence-corrected chi connectivity index (χ1v) is 9.32. The zero-order valence-electron chi connectivity index (χ0n) is 15.3. The van der Waals surface area contributed by atoms with E-state index in [1.54, 1.807) is 12.1 Å². The number of halogens is 2. The highest BCUT2D eigenvalue weighted by Crippen LogP contribution is 2.51. The molecule has 3 rings (SSSR count). The molecule has 3 atom stereocenters. The van der Waals surface area contributed by atoms with Gasteiger partial charge in [0.1, 0.15) is 17.3 Å². The SMILES string of the molecule is COC(=O)C1CC(C#N)(c2ccc(Cl)cc2F)C(CC(C)(C)C2CC2)N1. The third-order valence-corrected chi connectivity index (χ3v) is 6.27. The van der Waals surface area contributed by atoms with Gasteiger partial charge < -0.3 is 4.74 Å². The minimum Gasteiger partial charge on any atom is -0.468 e. The lowest BCUT2D eigenvalue weighted by molar-refractivity contribution is -0.142. The van der Waals surface area contributed by atoms with Gasteiger partial charge >= 0.3 is 5.97 Å². The molecule has 0 amide bonds. The Morgan fingerprint density at radius 1 is 1.50 bits per heavy atom. The number of hydrogen-bond acceptors (Lipinski definition) is 4. The van der Waals surface area contributed by atoms with Gasteiger partial charge in [-0.3, -0.25) is 10.1 Å². The third kappa shape index (κ3) is 3.33. The molecule has 1 aromatic carbocycles. The van der Waals surface area contributed by atoms with Crippen LogP contribution in [0.25, 0.3) is 0 Å². The van der Waals surface area contributed by atoms with Crippen molar-refractivity contribution in [1.29, 1.82) is 5.26 Å². The Labute approximate surface area is 158 Å². The minimum absolute atomic E-state index is 0.00762. The zero-order valence-corrected chi connectivity index (χ0v) is 16.1. The molecular formula is C20H24ClFN2O2. The number of hydrogen-bond donors (Lipinski definition) is 1. The Morgan fingerprint density at radius 2 is 2.19 bits per heavy atom. The monoisotopic (exact) mass is 378 g/mol. The van der Waals surface area contributed by atoms with E-state index in [-0.39, 0.29) is 22.9 Å². The lowest BCUT2D eigenvalue weighted by Gasteiger charge is -2.35. The van der Waals surface area contributed by atoms with Crippen LogP contribution in [-0.4, -0.2) is 25.2 Å². The summed E-state index contributed by atoms with van der Waals surface area (Å²) in [6.45, 7) is 4.36. The molecule has 1 aliphatic heterocycles. The highest BCUT2D eigenvalue weighted by molar-refractivity contribution is 6.30. The van der Waals surface area contributed by atoms with Crippen LogP contribution in [-0.2, 0) is 14.9 Å². The number of esters is 1. The average Bonchev–Trinajstić information content (AvgIpc) is 3.38. The molecule has 2 fully saturated rings. The fourth-order valence-electron chi connectivity index (χ4n) is 4.33. The second-order valence-corrected chi connectivity index (χ2v) is 8.61. The maximum absolute atomic E-state index is 14.7. The Morgan fingerprint density at radius 3 is 2.73 bits per heavy atom. The van der Waals surface area contributed by atoms with Crippen LogP contribution in [0.3, 0.4) is 0 Å². The first kappa shape index (κ1) is 19.1. The number of methoxy groups -OCH3 is 1. The van der Waals surface area contributed by atoms with Crippen molar-refractivity contribution in [3.05, 3.63) is 34.6 Å². The number of carbonyl (C=O) groups is 1. The summed E-state index contributed by atoms with van der Waals surface area (Å²) in [5.41, 5.74) is -0.840. The van der Waals surface area contributed by atoms with Gasteiger partial charge in [0.2, 0.25) is 0 Å². The normalized spacial score (nSPS) is 28.6. The van der Waals surface area contributed by atoms with Crippen LogP contribution in [0.2, 0.25) is 5.02 Å². The van der Waals surface area contributed by atoms with Gasteiger partial charge in [-0.05, 0) is 49.1 Å². The van der Waals surface area contributed by atoms with Crippen LogP contribution >= 0.6 is 11.6 Å². The van der Waals surface area contributed by atoms with Gasteiger partial charge in [0.25, 0.3) is 0 Å².